The quantitative estimate of drug-likeness (QED) is 0.477. The first-order chi connectivity index (χ1) is 10.6. The average molecular weight is 339 g/mol. The summed E-state index contributed by atoms with van der Waals surface area (Å²) in [6.07, 6.45) is 0. The Morgan fingerprint density at radius 1 is 0.913 bits per heavy atom. The number of aromatic carboxylic acids is 2. The molecule has 0 aliphatic carbocycles. The summed E-state index contributed by atoms with van der Waals surface area (Å²) in [5.74, 6) is -3.03. The van der Waals surface area contributed by atoms with Crippen molar-refractivity contribution in [1.29, 1.82) is 0 Å². The molecule has 0 aliphatic heterocycles. The van der Waals surface area contributed by atoms with Crippen LogP contribution in [0.1, 0.15) is 21.0 Å². The number of pyridine rings is 1. The Kier molecular flexibility index (Phi) is 10.8. The molecule has 0 N–H and O–H groups in total. The Bertz CT molecular complexity index is 574. The second-order valence-corrected chi connectivity index (χ2v) is 3.63. The standard InChI is InChI=1S/C7H5NO4.C5H5.C5H.Ti/c9-6(10)4-2-1-3-5(8-4)7(11)12;2*1-2-4-5-3-1;/h1-3H,(H,9,10)(H,11,12);1-5H;1H;/q;-1;-5;+4/p-2. The van der Waals surface area contributed by atoms with Crippen LogP contribution in [0.15, 0.2) is 54.6 Å². The van der Waals surface area contributed by atoms with Gasteiger partial charge in [-0.15, -0.1) is 0 Å². The van der Waals surface area contributed by atoms with E-state index in [1.807, 2.05) is 30.3 Å². The molecule has 23 heavy (non-hydrogen) atoms. The minimum absolute atomic E-state index is 0. The average Bonchev–Trinajstić information content (AvgIpc) is 3.25. The van der Waals surface area contributed by atoms with Crippen LogP contribution in [0.4, 0.5) is 0 Å². The van der Waals surface area contributed by atoms with Gasteiger partial charge in [0, 0.05) is 0 Å². The first-order valence-electron chi connectivity index (χ1n) is 6.00. The molecule has 6 heteroatoms. The molecule has 2 aromatic carbocycles. The van der Waals surface area contributed by atoms with Crippen molar-refractivity contribution in [3.8, 4) is 0 Å². The second kappa shape index (κ2) is 12.1. The molecule has 0 unspecified atom stereocenters. The topological polar surface area (TPSA) is 93.1 Å². The molecule has 0 saturated heterocycles. The van der Waals surface area contributed by atoms with E-state index in [4.69, 9.17) is 0 Å². The van der Waals surface area contributed by atoms with E-state index in [9.17, 15) is 19.8 Å². The Morgan fingerprint density at radius 2 is 1.39 bits per heavy atom. The van der Waals surface area contributed by atoms with E-state index in [2.05, 4.69) is 29.2 Å². The SMILES string of the molecule is O=C([O-])c1cccc(C(=O)[O-])n1.[Ti+4].[c-]1[c-][c-][cH-][c-]1.c1cc[cH-]c1. The van der Waals surface area contributed by atoms with Gasteiger partial charge < -0.3 is 50.1 Å². The summed E-state index contributed by atoms with van der Waals surface area (Å²) < 4.78 is 0. The zero-order valence-electron chi connectivity index (χ0n) is 11.8. The van der Waals surface area contributed by atoms with Crippen molar-refractivity contribution in [2.75, 3.05) is 0 Å². The maximum Gasteiger partial charge on any atom is 4.00 e. The van der Waals surface area contributed by atoms with Gasteiger partial charge in [-0.3, -0.25) is 0 Å². The van der Waals surface area contributed by atoms with Crippen LogP contribution in [0.5, 0.6) is 0 Å². The van der Waals surface area contributed by atoms with Gasteiger partial charge in [-0.2, -0.15) is 18.2 Å². The molecule has 0 aliphatic rings. The third-order valence-corrected chi connectivity index (χ3v) is 2.07. The third-order valence-electron chi connectivity index (χ3n) is 2.07. The predicted octanol–water partition coefficient (Wildman–Crippen LogP) is -0.182. The number of nitrogens with zero attached hydrogens (tertiary/aromatic N) is 1. The Labute approximate surface area is 148 Å². The molecule has 1 heterocycles. The largest absolute Gasteiger partial charge is 4.00 e. The van der Waals surface area contributed by atoms with Crippen molar-refractivity contribution >= 4 is 11.9 Å². The number of carbonyl (C=O) groups is 2. The van der Waals surface area contributed by atoms with Crippen molar-refractivity contribution < 1.29 is 41.5 Å². The first-order valence-corrected chi connectivity index (χ1v) is 6.00. The van der Waals surface area contributed by atoms with Crippen LogP contribution in [-0.4, -0.2) is 16.9 Å². The molecule has 0 saturated carbocycles. The molecule has 3 rings (SSSR count). The van der Waals surface area contributed by atoms with Crippen molar-refractivity contribution in [1.82, 2.24) is 4.98 Å². The minimum atomic E-state index is -1.52. The van der Waals surface area contributed by atoms with Gasteiger partial charge in [0.15, 0.2) is 0 Å². The van der Waals surface area contributed by atoms with Crippen molar-refractivity contribution in [3.63, 3.8) is 0 Å². The number of hydrogen-bond donors (Lipinski definition) is 0. The minimum Gasteiger partial charge on any atom is -0.999 e. The summed E-state index contributed by atoms with van der Waals surface area (Å²) in [7, 11) is 0. The molecular formula is C17H9NO4Ti-4. The second-order valence-electron chi connectivity index (χ2n) is 3.63. The van der Waals surface area contributed by atoms with E-state index in [0.717, 1.165) is 12.1 Å². The van der Waals surface area contributed by atoms with E-state index in [1.54, 1.807) is 6.07 Å². The van der Waals surface area contributed by atoms with E-state index in [0.29, 0.717) is 0 Å². The molecule has 1 aromatic heterocycles. The molecule has 0 amide bonds. The fourth-order valence-electron chi connectivity index (χ4n) is 1.16. The fourth-order valence-corrected chi connectivity index (χ4v) is 1.16. The number of carboxylic acids is 2. The zero-order valence-corrected chi connectivity index (χ0v) is 13.3. The van der Waals surface area contributed by atoms with Gasteiger partial charge in [0.2, 0.25) is 0 Å². The zero-order chi connectivity index (χ0) is 16.2. The number of rotatable bonds is 2. The van der Waals surface area contributed by atoms with Gasteiger partial charge in [0.1, 0.15) is 0 Å². The van der Waals surface area contributed by atoms with Crippen LogP contribution in [0, 0.1) is 24.3 Å². The number of hydrogen-bond acceptors (Lipinski definition) is 5. The molecule has 0 radical (unpaired) electrons. The van der Waals surface area contributed by atoms with Crippen LogP contribution in [0.2, 0.25) is 0 Å². The van der Waals surface area contributed by atoms with Crippen molar-refractivity contribution in [2.45, 2.75) is 0 Å². The maximum atomic E-state index is 10.2. The van der Waals surface area contributed by atoms with Gasteiger partial charge in [-0.25, -0.2) is 17.1 Å². The fraction of sp³-hybridized carbons (Fsp3) is 0. The van der Waals surface area contributed by atoms with Crippen LogP contribution < -0.4 is 10.2 Å². The van der Waals surface area contributed by atoms with Gasteiger partial charge >= 0.3 is 21.7 Å². The number of carboxylic acid groups (broad SMARTS) is 2. The summed E-state index contributed by atoms with van der Waals surface area (Å²) >= 11 is 0. The van der Waals surface area contributed by atoms with E-state index in [1.165, 1.54) is 6.07 Å². The summed E-state index contributed by atoms with van der Waals surface area (Å²) in [4.78, 5) is 23.6. The summed E-state index contributed by atoms with van der Waals surface area (Å²) in [5.41, 5.74) is -0.839. The summed E-state index contributed by atoms with van der Waals surface area (Å²) in [6.45, 7) is 0. The molecule has 0 spiro atoms. The molecule has 3 aromatic rings. The molecule has 0 atom stereocenters. The molecular weight excluding hydrogens is 330 g/mol. The van der Waals surface area contributed by atoms with Gasteiger partial charge in [0.05, 0.1) is 23.3 Å². The summed E-state index contributed by atoms with van der Waals surface area (Å²) in [6, 6.07) is 25.5. The molecule has 0 fully saturated rings. The normalized spacial score (nSPS) is 8.35. The Balaban J connectivity index is 0.000000362. The summed E-state index contributed by atoms with van der Waals surface area (Å²) in [5, 5.41) is 20.4. The van der Waals surface area contributed by atoms with Crippen LogP contribution >= 0.6 is 0 Å². The smallest absolute Gasteiger partial charge is 0.999 e. The van der Waals surface area contributed by atoms with E-state index < -0.39 is 23.3 Å². The van der Waals surface area contributed by atoms with Crippen LogP contribution in [0.25, 0.3) is 0 Å². The Hall–Kier alpha value is -2.50. The first kappa shape index (κ1) is 20.5. The number of aromatic nitrogens is 1. The van der Waals surface area contributed by atoms with Crippen LogP contribution in [0.3, 0.4) is 0 Å². The molecule has 5 nitrogen and oxygen atoms in total. The number of carbonyl (C=O) groups excluding carboxylic acids is 2. The third kappa shape index (κ3) is 9.19. The maximum absolute atomic E-state index is 10.2. The Morgan fingerprint density at radius 3 is 1.65 bits per heavy atom. The molecule has 114 valence electrons. The van der Waals surface area contributed by atoms with Gasteiger partial charge in [-0.1, -0.05) is 6.07 Å². The van der Waals surface area contributed by atoms with E-state index in [-0.39, 0.29) is 21.7 Å². The van der Waals surface area contributed by atoms with E-state index >= 15 is 0 Å². The molecule has 0 bridgehead atoms. The monoisotopic (exact) mass is 339 g/mol. The van der Waals surface area contributed by atoms with Gasteiger partial charge in [0.25, 0.3) is 0 Å². The van der Waals surface area contributed by atoms with Crippen molar-refractivity contribution in [3.05, 3.63) is 90.3 Å². The van der Waals surface area contributed by atoms with Gasteiger partial charge in [-0.05, 0) is 12.1 Å². The van der Waals surface area contributed by atoms with Crippen LogP contribution in [-0.2, 0) is 21.7 Å². The predicted molar refractivity (Wildman–Crippen MR) is 72.3 cm³/mol. The van der Waals surface area contributed by atoms with Crippen molar-refractivity contribution in [2.24, 2.45) is 0 Å².